The fourth-order valence-electron chi connectivity index (χ4n) is 3.84. The maximum absolute atomic E-state index is 14.7. The SMILES string of the molecule is C=C(/C=C\C(F)=C(/C)C(F)(F)F)[C@H]1[C@H](C(=O)Nc2cc(F)c(F)c(C(=O)Nc3c(F)ccc(NC(=O)C(F)(F)F)c3F)c2)C1(Cl)Cl. The molecule has 3 amide bonds. The normalized spacial score (nSPS) is 18.1. The first-order valence-corrected chi connectivity index (χ1v) is 12.9. The highest BCUT2D eigenvalue weighted by atomic mass is 35.5. The molecule has 0 heterocycles. The minimum Gasteiger partial charge on any atom is -0.326 e. The van der Waals surface area contributed by atoms with Crippen molar-refractivity contribution in [3.63, 3.8) is 0 Å². The fourth-order valence-corrected chi connectivity index (χ4v) is 4.70. The molecule has 248 valence electrons. The lowest BCUT2D eigenvalue weighted by Gasteiger charge is -2.14. The molecule has 1 saturated carbocycles. The zero-order valence-corrected chi connectivity index (χ0v) is 24.0. The first kappa shape index (κ1) is 36.3. The zero-order valence-electron chi connectivity index (χ0n) is 22.5. The number of halogens is 13. The Morgan fingerprint density at radius 1 is 0.848 bits per heavy atom. The van der Waals surface area contributed by atoms with Gasteiger partial charge in [0.15, 0.2) is 17.5 Å². The van der Waals surface area contributed by atoms with Crippen molar-refractivity contribution in [1.29, 1.82) is 0 Å². The largest absolute Gasteiger partial charge is 0.471 e. The van der Waals surface area contributed by atoms with Crippen LogP contribution in [0.4, 0.5) is 65.4 Å². The third kappa shape index (κ3) is 7.81. The van der Waals surface area contributed by atoms with E-state index < -0.39 is 104 Å². The molecule has 6 nitrogen and oxygen atoms in total. The van der Waals surface area contributed by atoms with Crippen LogP contribution < -0.4 is 16.0 Å². The molecule has 0 spiro atoms. The van der Waals surface area contributed by atoms with Crippen molar-refractivity contribution in [2.75, 3.05) is 16.0 Å². The van der Waals surface area contributed by atoms with Crippen LogP contribution in [0, 0.1) is 35.1 Å². The lowest BCUT2D eigenvalue weighted by Crippen LogP contribution is -2.30. The van der Waals surface area contributed by atoms with Crippen LogP contribution >= 0.6 is 23.2 Å². The van der Waals surface area contributed by atoms with E-state index in [2.05, 4.69) is 6.58 Å². The third-order valence-electron chi connectivity index (χ3n) is 6.34. The fraction of sp³-hybridized carbons (Fsp3) is 0.222. The van der Waals surface area contributed by atoms with Crippen molar-refractivity contribution in [2.24, 2.45) is 11.8 Å². The van der Waals surface area contributed by atoms with Gasteiger partial charge in [-0.2, -0.15) is 26.3 Å². The predicted octanol–water partition coefficient (Wildman–Crippen LogP) is 8.27. The molecule has 0 bridgehead atoms. The summed E-state index contributed by atoms with van der Waals surface area (Å²) in [6.45, 7) is 3.96. The minimum atomic E-state index is -5.47. The molecule has 2 atom stereocenters. The van der Waals surface area contributed by atoms with E-state index in [1.165, 1.54) is 5.32 Å². The van der Waals surface area contributed by atoms with Gasteiger partial charge in [-0.1, -0.05) is 12.7 Å². The Kier molecular flexibility index (Phi) is 10.2. The van der Waals surface area contributed by atoms with Crippen LogP contribution in [0.3, 0.4) is 0 Å². The van der Waals surface area contributed by atoms with Gasteiger partial charge >= 0.3 is 18.3 Å². The van der Waals surface area contributed by atoms with Gasteiger partial charge in [-0.15, -0.1) is 23.2 Å². The summed E-state index contributed by atoms with van der Waals surface area (Å²) in [7, 11) is 0. The smallest absolute Gasteiger partial charge is 0.326 e. The molecule has 1 aliphatic rings. The second-order valence-electron chi connectivity index (χ2n) is 9.51. The summed E-state index contributed by atoms with van der Waals surface area (Å²) in [5, 5.41) is 4.65. The molecule has 19 heteroatoms. The highest BCUT2D eigenvalue weighted by Gasteiger charge is 2.67. The van der Waals surface area contributed by atoms with Gasteiger partial charge in [-0.3, -0.25) is 14.4 Å². The Bertz CT molecular complexity index is 1690. The zero-order chi connectivity index (χ0) is 35.1. The van der Waals surface area contributed by atoms with Crippen LogP contribution in [0.1, 0.15) is 17.3 Å². The van der Waals surface area contributed by atoms with Gasteiger partial charge in [0.05, 0.1) is 22.7 Å². The van der Waals surface area contributed by atoms with E-state index >= 15 is 0 Å². The highest BCUT2D eigenvalue weighted by molar-refractivity contribution is 6.53. The van der Waals surface area contributed by atoms with Gasteiger partial charge in [0, 0.05) is 17.7 Å². The molecule has 1 fully saturated rings. The predicted molar refractivity (Wildman–Crippen MR) is 144 cm³/mol. The molecule has 2 aromatic carbocycles. The maximum Gasteiger partial charge on any atom is 0.471 e. The van der Waals surface area contributed by atoms with Crippen LogP contribution in [0.15, 0.2) is 60.0 Å². The van der Waals surface area contributed by atoms with E-state index in [0.717, 1.165) is 11.4 Å². The quantitative estimate of drug-likeness (QED) is 0.147. The molecular formula is C27H16Cl2F11N3O3. The number of hydrogen-bond donors (Lipinski definition) is 3. The van der Waals surface area contributed by atoms with Crippen LogP contribution in [-0.4, -0.2) is 34.4 Å². The summed E-state index contributed by atoms with van der Waals surface area (Å²) in [4.78, 5) is 36.6. The molecule has 2 aromatic rings. The number of anilines is 3. The maximum atomic E-state index is 14.7. The Morgan fingerprint density at radius 2 is 1.46 bits per heavy atom. The first-order chi connectivity index (χ1) is 21.0. The van der Waals surface area contributed by atoms with Crippen molar-refractivity contribution in [3.05, 3.63) is 88.8 Å². The molecule has 3 rings (SSSR count). The van der Waals surface area contributed by atoms with Crippen molar-refractivity contribution < 1.29 is 62.7 Å². The van der Waals surface area contributed by atoms with E-state index in [0.29, 0.717) is 37.3 Å². The average molecular weight is 710 g/mol. The van der Waals surface area contributed by atoms with Crippen LogP contribution in [0.5, 0.6) is 0 Å². The molecule has 0 unspecified atom stereocenters. The van der Waals surface area contributed by atoms with Gasteiger partial charge in [-0.25, -0.2) is 22.0 Å². The summed E-state index contributed by atoms with van der Waals surface area (Å²) in [6.07, 6.45) is -9.25. The lowest BCUT2D eigenvalue weighted by atomic mass is 10.1. The average Bonchev–Trinajstić information content (AvgIpc) is 3.53. The number of nitrogens with one attached hydrogen (secondary N) is 3. The number of amides is 3. The van der Waals surface area contributed by atoms with E-state index in [-0.39, 0.29) is 5.57 Å². The van der Waals surface area contributed by atoms with Crippen molar-refractivity contribution in [3.8, 4) is 0 Å². The summed E-state index contributed by atoms with van der Waals surface area (Å²) in [5.41, 5.74) is -6.37. The van der Waals surface area contributed by atoms with Crippen molar-refractivity contribution in [1.82, 2.24) is 0 Å². The monoisotopic (exact) mass is 709 g/mol. The van der Waals surface area contributed by atoms with E-state index in [1.807, 2.05) is 5.32 Å². The van der Waals surface area contributed by atoms with Gasteiger partial charge < -0.3 is 16.0 Å². The van der Waals surface area contributed by atoms with Gasteiger partial charge in [0.1, 0.15) is 21.7 Å². The second-order valence-corrected chi connectivity index (χ2v) is 11.0. The summed E-state index contributed by atoms with van der Waals surface area (Å²) in [6, 6.07) is 1.60. The van der Waals surface area contributed by atoms with Crippen molar-refractivity contribution >= 4 is 58.0 Å². The Hall–Kier alpha value is -4.12. The van der Waals surface area contributed by atoms with E-state index in [4.69, 9.17) is 23.2 Å². The van der Waals surface area contributed by atoms with Crippen LogP contribution in [0.2, 0.25) is 0 Å². The Balaban J connectivity index is 1.82. The van der Waals surface area contributed by atoms with Crippen molar-refractivity contribution in [2.45, 2.75) is 23.6 Å². The van der Waals surface area contributed by atoms with Gasteiger partial charge in [0.2, 0.25) is 5.91 Å². The molecule has 46 heavy (non-hydrogen) atoms. The highest BCUT2D eigenvalue weighted by Crippen LogP contribution is 2.62. The molecule has 1 aliphatic carbocycles. The van der Waals surface area contributed by atoms with Crippen LogP contribution in [-0.2, 0) is 9.59 Å². The second kappa shape index (κ2) is 12.9. The molecule has 0 aliphatic heterocycles. The molecule has 0 radical (unpaired) electrons. The van der Waals surface area contributed by atoms with E-state index in [1.54, 1.807) is 0 Å². The number of hydrogen-bond acceptors (Lipinski definition) is 3. The summed E-state index contributed by atoms with van der Waals surface area (Å²) >= 11 is 12.1. The standard InChI is InChI=1S/C27H16Cl2F11N3O3/c1-9(3-4-13(30)10(2)26(35,36)37)17-18(25(17,28)29)23(45)41-11-7-12(19(33)15(32)8-11)22(44)43-21-14(31)5-6-16(20(21)34)42-24(46)27(38,39)40/h3-8,17-18H,1H2,2H3,(H,41,45)(H,42,46)(H,43,44)/b4-3-,13-10-/t17-,18+/m0/s1. The van der Waals surface area contributed by atoms with Gasteiger partial charge in [0.25, 0.3) is 5.91 Å². The number of rotatable bonds is 8. The molecule has 0 aromatic heterocycles. The molecule has 3 N–H and O–H groups in total. The Morgan fingerprint density at radius 3 is 2.02 bits per heavy atom. The number of benzene rings is 2. The number of carbonyl (C=O) groups excluding carboxylic acids is 3. The van der Waals surface area contributed by atoms with Gasteiger partial charge in [-0.05, 0) is 36.8 Å². The van der Waals surface area contributed by atoms with Crippen LogP contribution in [0.25, 0.3) is 0 Å². The first-order valence-electron chi connectivity index (χ1n) is 12.1. The molecule has 0 saturated heterocycles. The lowest BCUT2D eigenvalue weighted by molar-refractivity contribution is -0.167. The molecular weight excluding hydrogens is 694 g/mol. The third-order valence-corrected chi connectivity index (χ3v) is 7.28. The Labute approximate surface area is 260 Å². The van der Waals surface area contributed by atoms with E-state index in [9.17, 15) is 62.7 Å². The number of alkyl halides is 8. The minimum absolute atomic E-state index is 0.196. The number of allylic oxidation sites excluding steroid dienone is 5. The summed E-state index contributed by atoms with van der Waals surface area (Å²) < 4.78 is 145. The number of carbonyl (C=O) groups is 3. The topological polar surface area (TPSA) is 87.3 Å². The summed E-state index contributed by atoms with van der Waals surface area (Å²) in [5.74, 6) is -17.0.